The van der Waals surface area contributed by atoms with Gasteiger partial charge in [0.1, 0.15) is 23.3 Å². The fraction of sp³-hybridized carbons (Fsp3) is 0.452. The summed E-state index contributed by atoms with van der Waals surface area (Å²) in [6, 6.07) is 1.23. The molecule has 0 spiro atoms. The number of aliphatic imine (C=N–C) groups is 1. The van der Waals surface area contributed by atoms with Crippen LogP contribution in [0.1, 0.15) is 39.7 Å². The number of carbonyl (C=O) groups excluding carboxylic acids is 2. The molecule has 0 saturated heterocycles. The minimum atomic E-state index is -0.994. The standard InChI is InChI=1S/C31H43N3O8/c1-8-12-33-26-21-13-17(2)14-25(41-7)27(36)19(4)15-20(5)29(42-31(32)39)24(40-6)11-9-10-18(3)30(38)34-22(28(21)37)16-23(26)35/h8-12,15-17,19,24-25,27,29,35-37H,1,13-14H2,2-7H3,(H2,32,39)(H,34,38)/b11-9?,18-10+,20-15+,33-12?/t17-,19+,24+,25+,27-,29+/m1/s1. The largest absolute Gasteiger partial charge is 0.506 e. The maximum Gasteiger partial charge on any atom is 0.405 e. The van der Waals surface area contributed by atoms with Gasteiger partial charge in [-0.1, -0.05) is 50.8 Å². The number of fused-ring (bicyclic) bond motifs is 2. The number of aliphatic hydroxyl groups excluding tert-OH is 1. The molecule has 230 valence electrons. The van der Waals surface area contributed by atoms with Crippen molar-refractivity contribution in [1.29, 1.82) is 0 Å². The first-order valence-corrected chi connectivity index (χ1v) is 13.6. The molecule has 6 N–H and O–H groups in total. The summed E-state index contributed by atoms with van der Waals surface area (Å²) < 4.78 is 16.6. The van der Waals surface area contributed by atoms with E-state index in [0.29, 0.717) is 17.6 Å². The van der Waals surface area contributed by atoms with Crippen molar-refractivity contribution < 1.29 is 39.1 Å². The van der Waals surface area contributed by atoms with Crippen molar-refractivity contribution in [3.8, 4) is 11.5 Å². The van der Waals surface area contributed by atoms with E-state index >= 15 is 0 Å². The van der Waals surface area contributed by atoms with Crippen LogP contribution in [0, 0.1) is 11.8 Å². The van der Waals surface area contributed by atoms with Crippen LogP contribution < -0.4 is 11.1 Å². The Morgan fingerprint density at radius 3 is 2.50 bits per heavy atom. The first-order chi connectivity index (χ1) is 19.8. The average molecular weight is 586 g/mol. The molecule has 0 aliphatic carbocycles. The summed E-state index contributed by atoms with van der Waals surface area (Å²) in [5.41, 5.74) is 6.69. The Bertz CT molecular complexity index is 1250. The number of carbonyl (C=O) groups is 2. The van der Waals surface area contributed by atoms with Gasteiger partial charge in [0.05, 0.1) is 17.9 Å². The van der Waals surface area contributed by atoms with Crippen LogP contribution >= 0.6 is 0 Å². The number of allylic oxidation sites excluding steroid dienone is 3. The van der Waals surface area contributed by atoms with Gasteiger partial charge in [0, 0.05) is 43.6 Å². The van der Waals surface area contributed by atoms with Crippen LogP contribution in [0.4, 0.5) is 16.2 Å². The molecular formula is C31H43N3O8. The zero-order valence-electron chi connectivity index (χ0n) is 25.0. The predicted molar refractivity (Wildman–Crippen MR) is 162 cm³/mol. The van der Waals surface area contributed by atoms with Gasteiger partial charge in [-0.25, -0.2) is 4.79 Å². The summed E-state index contributed by atoms with van der Waals surface area (Å²) in [5.74, 6) is -1.61. The maximum atomic E-state index is 13.0. The van der Waals surface area contributed by atoms with Crippen molar-refractivity contribution in [3.63, 3.8) is 0 Å². The fourth-order valence-electron chi connectivity index (χ4n) is 4.87. The molecule has 0 unspecified atom stereocenters. The number of hydrogen-bond donors (Lipinski definition) is 5. The maximum absolute atomic E-state index is 13.0. The third-order valence-electron chi connectivity index (χ3n) is 7.11. The Morgan fingerprint density at radius 2 is 1.90 bits per heavy atom. The molecule has 2 rings (SSSR count). The molecule has 11 nitrogen and oxygen atoms in total. The van der Waals surface area contributed by atoms with Crippen molar-refractivity contribution >= 4 is 29.6 Å². The third-order valence-corrected chi connectivity index (χ3v) is 7.11. The number of aromatic hydroxyl groups is 2. The van der Waals surface area contributed by atoms with Gasteiger partial charge in [0.2, 0.25) is 0 Å². The van der Waals surface area contributed by atoms with Gasteiger partial charge >= 0.3 is 6.09 Å². The van der Waals surface area contributed by atoms with E-state index in [1.54, 1.807) is 32.1 Å². The molecule has 11 heteroatoms. The van der Waals surface area contributed by atoms with Gasteiger partial charge in [-0.2, -0.15) is 0 Å². The van der Waals surface area contributed by atoms with Crippen LogP contribution in [0.25, 0.3) is 0 Å². The first kappa shape index (κ1) is 34.3. The molecule has 0 radical (unpaired) electrons. The van der Waals surface area contributed by atoms with Crippen LogP contribution in [0.3, 0.4) is 0 Å². The molecule has 1 aliphatic rings. The quantitative estimate of drug-likeness (QED) is 0.146. The Kier molecular flexibility index (Phi) is 13.0. The van der Waals surface area contributed by atoms with Gasteiger partial charge < -0.3 is 40.6 Å². The molecular weight excluding hydrogens is 542 g/mol. The summed E-state index contributed by atoms with van der Waals surface area (Å²) >= 11 is 0. The lowest BCUT2D eigenvalue weighted by molar-refractivity contribution is -0.112. The number of aliphatic hydroxyl groups is 1. The summed E-state index contributed by atoms with van der Waals surface area (Å²) in [6.07, 6.45) is 5.69. The van der Waals surface area contributed by atoms with Gasteiger partial charge in [0.25, 0.3) is 5.91 Å². The monoisotopic (exact) mass is 585 g/mol. The lowest BCUT2D eigenvalue weighted by Crippen LogP contribution is -2.37. The molecule has 6 atom stereocenters. The number of anilines is 1. The van der Waals surface area contributed by atoms with Crippen molar-refractivity contribution in [1.82, 2.24) is 0 Å². The summed E-state index contributed by atoms with van der Waals surface area (Å²) in [7, 11) is 2.94. The average Bonchev–Trinajstić information content (AvgIpc) is 2.94. The van der Waals surface area contributed by atoms with E-state index in [1.807, 2.05) is 13.8 Å². The summed E-state index contributed by atoms with van der Waals surface area (Å²) in [4.78, 5) is 29.0. The number of benzene rings is 1. The molecule has 2 amide bonds. The molecule has 0 aromatic heterocycles. The number of methoxy groups -OCH3 is 2. The number of hydrogen-bond acceptors (Lipinski definition) is 9. The smallest absolute Gasteiger partial charge is 0.405 e. The zero-order valence-corrected chi connectivity index (χ0v) is 25.0. The van der Waals surface area contributed by atoms with Crippen molar-refractivity contribution in [2.75, 3.05) is 19.5 Å². The highest BCUT2D eigenvalue weighted by molar-refractivity contribution is 6.04. The molecule has 42 heavy (non-hydrogen) atoms. The SMILES string of the molecule is C=CC=Nc1c(O)cc2c(O)c1C[C@@H](C)C[C@H](OC)[C@H](O)[C@@H](C)/C=C(\C)[C@H](OC(N)=O)[C@@H](OC)C=C/C=C(\C)C(=O)N2. The van der Waals surface area contributed by atoms with Crippen molar-refractivity contribution in [2.45, 2.75) is 65.0 Å². The number of nitrogens with two attached hydrogens (primary N) is 1. The molecule has 0 fully saturated rings. The minimum absolute atomic E-state index is 0.00774. The zero-order chi connectivity index (χ0) is 31.6. The fourth-order valence-corrected chi connectivity index (χ4v) is 4.87. The van der Waals surface area contributed by atoms with Gasteiger partial charge in [-0.15, -0.1) is 0 Å². The number of phenolic OH excluding ortho intramolecular Hbond substituents is 2. The lowest BCUT2D eigenvalue weighted by atomic mass is 9.87. The highest BCUT2D eigenvalue weighted by Crippen LogP contribution is 2.44. The van der Waals surface area contributed by atoms with Crippen LogP contribution in [0.5, 0.6) is 11.5 Å². The van der Waals surface area contributed by atoms with Crippen LogP contribution in [0.15, 0.2) is 59.2 Å². The minimum Gasteiger partial charge on any atom is -0.506 e. The third kappa shape index (κ3) is 9.04. The molecule has 1 aromatic carbocycles. The van der Waals surface area contributed by atoms with Gasteiger partial charge in [-0.05, 0) is 38.2 Å². The Morgan fingerprint density at radius 1 is 1.21 bits per heavy atom. The van der Waals surface area contributed by atoms with Gasteiger partial charge in [0.15, 0.2) is 6.10 Å². The predicted octanol–water partition coefficient (Wildman–Crippen LogP) is 4.45. The first-order valence-electron chi connectivity index (χ1n) is 13.6. The Labute approximate surface area is 247 Å². The number of phenols is 2. The highest BCUT2D eigenvalue weighted by atomic mass is 16.6. The van der Waals surface area contributed by atoms with E-state index in [2.05, 4.69) is 16.9 Å². The summed E-state index contributed by atoms with van der Waals surface area (Å²) in [6.45, 7) is 10.6. The molecule has 2 bridgehead atoms. The van der Waals surface area contributed by atoms with E-state index in [0.717, 1.165) is 0 Å². The van der Waals surface area contributed by atoms with E-state index in [-0.39, 0.29) is 40.8 Å². The van der Waals surface area contributed by atoms with E-state index in [1.165, 1.54) is 38.7 Å². The van der Waals surface area contributed by atoms with E-state index < -0.39 is 42.3 Å². The Balaban J connectivity index is 2.69. The van der Waals surface area contributed by atoms with E-state index in [9.17, 15) is 24.9 Å². The molecule has 1 aliphatic heterocycles. The number of ether oxygens (including phenoxy) is 3. The number of amides is 2. The second-order valence-corrected chi connectivity index (χ2v) is 10.5. The summed E-state index contributed by atoms with van der Waals surface area (Å²) in [5, 5.41) is 35.9. The van der Waals surface area contributed by atoms with Crippen molar-refractivity contribution in [3.05, 3.63) is 59.7 Å². The lowest BCUT2D eigenvalue weighted by Gasteiger charge is -2.29. The van der Waals surface area contributed by atoms with E-state index in [4.69, 9.17) is 19.9 Å². The number of nitrogens with one attached hydrogen (secondary N) is 1. The van der Waals surface area contributed by atoms with Crippen molar-refractivity contribution in [2.24, 2.45) is 22.6 Å². The number of rotatable bonds is 5. The second kappa shape index (κ2) is 15.9. The van der Waals surface area contributed by atoms with Crippen LogP contribution in [0.2, 0.25) is 0 Å². The highest BCUT2D eigenvalue weighted by Gasteiger charge is 2.30. The van der Waals surface area contributed by atoms with Crippen LogP contribution in [-0.4, -0.2) is 72.2 Å². The topological polar surface area (TPSA) is 173 Å². The van der Waals surface area contributed by atoms with Gasteiger partial charge in [-0.3, -0.25) is 9.79 Å². The van der Waals surface area contributed by atoms with Crippen LogP contribution in [-0.2, 0) is 25.4 Å². The molecule has 1 heterocycles. The number of nitrogens with zero attached hydrogens (tertiary/aromatic N) is 1. The molecule has 1 aromatic rings. The second-order valence-electron chi connectivity index (χ2n) is 10.5. The normalized spacial score (nSPS) is 28.8. The molecule has 0 saturated carbocycles. The Hall–Kier alpha value is -3.93. The number of primary amides is 1.